The van der Waals surface area contributed by atoms with Crippen LogP contribution in [-0.4, -0.2) is 73.4 Å². The number of phosphoric acid groups is 1. The molecule has 67 heavy (non-hydrogen) atoms. The summed E-state index contributed by atoms with van der Waals surface area (Å²) in [6, 6.07) is -0.842. The summed E-state index contributed by atoms with van der Waals surface area (Å²) < 4.78 is 23.7. The number of nitrogens with zero attached hydrogens (tertiary/aromatic N) is 1. The molecule has 8 nitrogen and oxygen atoms in total. The van der Waals surface area contributed by atoms with E-state index >= 15 is 0 Å². The van der Waals surface area contributed by atoms with Crippen LogP contribution >= 0.6 is 7.82 Å². The molecule has 0 saturated heterocycles. The third kappa shape index (κ3) is 52.9. The van der Waals surface area contributed by atoms with Gasteiger partial charge in [0.25, 0.3) is 0 Å². The molecule has 0 fully saturated rings. The number of hydrogen-bond acceptors (Lipinski definition) is 5. The van der Waals surface area contributed by atoms with Crippen molar-refractivity contribution in [3.8, 4) is 0 Å². The summed E-state index contributed by atoms with van der Waals surface area (Å²) in [4.78, 5) is 23.3. The minimum Gasteiger partial charge on any atom is -0.387 e. The Balaban J connectivity index is 4.17. The molecule has 1 amide bonds. The fraction of sp³-hybridized carbons (Fsp3) is 0.948. The van der Waals surface area contributed by atoms with Crippen molar-refractivity contribution in [1.29, 1.82) is 0 Å². The number of carbonyl (C=O) groups excluding carboxylic acids is 1. The Kier molecular flexibility index (Phi) is 49.6. The molecule has 0 saturated carbocycles. The monoisotopic (exact) mass is 970 g/mol. The Morgan fingerprint density at radius 1 is 0.493 bits per heavy atom. The number of amides is 1. The molecule has 0 aliphatic heterocycles. The van der Waals surface area contributed by atoms with Crippen LogP contribution in [0.1, 0.15) is 303 Å². The van der Waals surface area contributed by atoms with Gasteiger partial charge in [-0.2, -0.15) is 0 Å². The van der Waals surface area contributed by atoms with E-state index in [1.807, 2.05) is 27.2 Å². The van der Waals surface area contributed by atoms with Crippen LogP contribution in [0.3, 0.4) is 0 Å². The zero-order valence-corrected chi connectivity index (χ0v) is 46.6. The highest BCUT2D eigenvalue weighted by molar-refractivity contribution is 7.47. The van der Waals surface area contributed by atoms with Crippen molar-refractivity contribution in [3.05, 3.63) is 12.2 Å². The van der Waals surface area contributed by atoms with Gasteiger partial charge in [-0.3, -0.25) is 13.8 Å². The van der Waals surface area contributed by atoms with Crippen molar-refractivity contribution in [3.63, 3.8) is 0 Å². The lowest BCUT2D eigenvalue weighted by atomic mass is 10.0. The molecule has 3 atom stereocenters. The molecular weight excluding hydrogens is 852 g/mol. The summed E-state index contributed by atoms with van der Waals surface area (Å²) >= 11 is 0. The molecule has 0 aliphatic rings. The quantitative estimate of drug-likeness (QED) is 0.0243. The number of likely N-dealkylation sites (N-methyl/N-ethyl adjacent to an activating group) is 1. The number of allylic oxidation sites excluding steroid dienone is 1. The fourth-order valence-corrected chi connectivity index (χ4v) is 9.84. The average Bonchev–Trinajstić information content (AvgIpc) is 3.29. The second-order valence-corrected chi connectivity index (χ2v) is 23.2. The van der Waals surface area contributed by atoms with Crippen molar-refractivity contribution in [1.82, 2.24) is 5.32 Å². The van der Waals surface area contributed by atoms with Gasteiger partial charge in [-0.1, -0.05) is 289 Å². The van der Waals surface area contributed by atoms with E-state index in [-0.39, 0.29) is 19.1 Å². The molecule has 0 heterocycles. The lowest BCUT2D eigenvalue weighted by molar-refractivity contribution is -0.870. The summed E-state index contributed by atoms with van der Waals surface area (Å²) in [5.74, 6) is -0.169. The van der Waals surface area contributed by atoms with E-state index in [1.54, 1.807) is 6.08 Å². The van der Waals surface area contributed by atoms with Crippen LogP contribution in [0, 0.1) is 0 Å². The molecule has 3 N–H and O–H groups in total. The molecular formula is C58H118N2O6P+. The lowest BCUT2D eigenvalue weighted by Gasteiger charge is -2.25. The fourth-order valence-electron chi connectivity index (χ4n) is 9.10. The molecule has 0 rings (SSSR count). The number of carbonyl (C=O) groups is 1. The zero-order chi connectivity index (χ0) is 49.2. The largest absolute Gasteiger partial charge is 0.472 e. The number of aliphatic hydroxyl groups excluding tert-OH is 1. The van der Waals surface area contributed by atoms with Gasteiger partial charge in [-0.25, -0.2) is 4.57 Å². The van der Waals surface area contributed by atoms with E-state index in [9.17, 15) is 19.4 Å². The number of aliphatic hydroxyl groups is 1. The molecule has 0 aromatic rings. The van der Waals surface area contributed by atoms with Gasteiger partial charge in [-0.15, -0.1) is 0 Å². The predicted molar refractivity (Wildman–Crippen MR) is 291 cm³/mol. The first kappa shape index (κ1) is 66.2. The van der Waals surface area contributed by atoms with Crippen molar-refractivity contribution in [2.24, 2.45) is 0 Å². The molecule has 400 valence electrons. The Labute approximate surface area is 418 Å². The van der Waals surface area contributed by atoms with E-state index in [2.05, 4.69) is 19.2 Å². The van der Waals surface area contributed by atoms with E-state index in [4.69, 9.17) is 9.05 Å². The van der Waals surface area contributed by atoms with Crippen LogP contribution in [0.25, 0.3) is 0 Å². The third-order valence-electron chi connectivity index (χ3n) is 13.8. The highest BCUT2D eigenvalue weighted by Gasteiger charge is 2.27. The molecule has 9 heteroatoms. The van der Waals surface area contributed by atoms with Gasteiger partial charge >= 0.3 is 7.82 Å². The first-order valence-electron chi connectivity index (χ1n) is 29.6. The standard InChI is InChI=1S/C58H117N2O6P/c1-6-8-10-12-14-16-18-20-22-24-26-28-30-32-34-36-38-40-42-44-46-48-50-52-58(62)59-56(55-66-67(63,64)65-54-53-60(3,4)5)57(61)51-49-47-45-43-41-39-37-35-33-31-29-27-25-23-21-19-17-15-13-11-9-7-2/h49,51,56-57,61H,6-48,50,52-55H2,1-5H3,(H-,59,62,63,64)/p+1/b51-49+. The molecule has 0 aromatic carbocycles. The van der Waals surface area contributed by atoms with E-state index in [0.717, 1.165) is 32.1 Å². The van der Waals surface area contributed by atoms with Crippen LogP contribution in [0.2, 0.25) is 0 Å². The highest BCUT2D eigenvalue weighted by atomic mass is 31.2. The molecule has 0 aromatic heterocycles. The maximum absolute atomic E-state index is 13.0. The number of phosphoric ester groups is 1. The van der Waals surface area contributed by atoms with Crippen LogP contribution in [0.15, 0.2) is 12.2 Å². The smallest absolute Gasteiger partial charge is 0.387 e. The number of hydrogen-bond donors (Lipinski definition) is 3. The van der Waals surface area contributed by atoms with Gasteiger partial charge in [-0.05, 0) is 19.3 Å². The lowest BCUT2D eigenvalue weighted by Crippen LogP contribution is -2.45. The minimum atomic E-state index is -4.34. The number of nitrogens with one attached hydrogen (secondary N) is 1. The Hall–Kier alpha value is -0.760. The summed E-state index contributed by atoms with van der Waals surface area (Å²) in [6.07, 6.45) is 61.7. The maximum atomic E-state index is 13.0. The van der Waals surface area contributed by atoms with Crippen LogP contribution < -0.4 is 5.32 Å². The van der Waals surface area contributed by atoms with Gasteiger partial charge < -0.3 is 19.8 Å². The maximum Gasteiger partial charge on any atom is 0.472 e. The summed E-state index contributed by atoms with van der Waals surface area (Å²) in [6.45, 7) is 4.87. The van der Waals surface area contributed by atoms with E-state index in [0.29, 0.717) is 17.4 Å². The van der Waals surface area contributed by atoms with Gasteiger partial charge in [0.2, 0.25) is 5.91 Å². The van der Waals surface area contributed by atoms with Crippen LogP contribution in [-0.2, 0) is 18.4 Å². The van der Waals surface area contributed by atoms with Crippen molar-refractivity contribution >= 4 is 13.7 Å². The molecule has 0 radical (unpaired) electrons. The minimum absolute atomic E-state index is 0.0653. The van der Waals surface area contributed by atoms with E-state index in [1.165, 1.54) is 250 Å². The summed E-state index contributed by atoms with van der Waals surface area (Å²) in [5, 5.41) is 14.0. The van der Waals surface area contributed by atoms with E-state index < -0.39 is 20.0 Å². The Morgan fingerprint density at radius 2 is 0.791 bits per heavy atom. The zero-order valence-electron chi connectivity index (χ0n) is 45.7. The molecule has 3 unspecified atom stereocenters. The van der Waals surface area contributed by atoms with Gasteiger partial charge in [0.05, 0.1) is 39.9 Å². The average molecular weight is 971 g/mol. The van der Waals surface area contributed by atoms with Crippen LogP contribution in [0.4, 0.5) is 0 Å². The topological polar surface area (TPSA) is 105 Å². The van der Waals surface area contributed by atoms with Gasteiger partial charge in [0.1, 0.15) is 13.2 Å². The highest BCUT2D eigenvalue weighted by Crippen LogP contribution is 2.43. The first-order valence-corrected chi connectivity index (χ1v) is 31.1. The number of quaternary nitrogens is 1. The predicted octanol–water partition coefficient (Wildman–Crippen LogP) is 17.8. The normalized spacial score (nSPS) is 14.0. The second kappa shape index (κ2) is 50.2. The van der Waals surface area contributed by atoms with Crippen LogP contribution in [0.5, 0.6) is 0 Å². The van der Waals surface area contributed by atoms with Gasteiger partial charge in [0, 0.05) is 6.42 Å². The number of rotatable bonds is 55. The first-order chi connectivity index (χ1) is 32.5. The van der Waals surface area contributed by atoms with Gasteiger partial charge in [0.15, 0.2) is 0 Å². The van der Waals surface area contributed by atoms with Crippen molar-refractivity contribution in [2.45, 2.75) is 315 Å². The molecule has 0 bridgehead atoms. The Bertz CT molecular complexity index is 1100. The molecule has 0 aliphatic carbocycles. The van der Waals surface area contributed by atoms with Crippen molar-refractivity contribution < 1.29 is 32.9 Å². The Morgan fingerprint density at radius 3 is 1.10 bits per heavy atom. The third-order valence-corrected chi connectivity index (χ3v) is 14.7. The second-order valence-electron chi connectivity index (χ2n) is 21.7. The van der Waals surface area contributed by atoms with Crippen molar-refractivity contribution in [2.75, 3.05) is 40.9 Å². The summed E-state index contributed by atoms with van der Waals surface area (Å²) in [7, 11) is 1.59. The summed E-state index contributed by atoms with van der Waals surface area (Å²) in [5.41, 5.74) is 0. The number of unbranched alkanes of at least 4 members (excludes halogenated alkanes) is 42. The SMILES string of the molecule is CCCCCCCCCCCCCCCCCCCCCC/C=C/C(O)C(COP(=O)(O)OCC[N+](C)(C)C)NC(=O)CCCCCCCCCCCCCCCCCCCCCCCCC. The molecule has 0 spiro atoms.